The molecule has 76 valence electrons. The number of anilines is 1. The third kappa shape index (κ3) is 2.23. The lowest BCUT2D eigenvalue weighted by Gasteiger charge is -2.10. The van der Waals surface area contributed by atoms with Gasteiger partial charge in [-0.05, 0) is 30.2 Å². The minimum Gasteiger partial charge on any atom is -0.478 e. The van der Waals surface area contributed by atoms with Crippen molar-refractivity contribution in [2.24, 2.45) is 5.73 Å². The molecule has 1 aromatic carbocycles. The van der Waals surface area contributed by atoms with Gasteiger partial charge in [-0.25, -0.2) is 4.79 Å². The van der Waals surface area contributed by atoms with Crippen LogP contribution in [0.25, 0.3) is 0 Å². The van der Waals surface area contributed by atoms with Crippen LogP contribution in [0.5, 0.6) is 0 Å². The van der Waals surface area contributed by atoms with Crippen LogP contribution in [0.4, 0.5) is 5.69 Å². The highest BCUT2D eigenvalue weighted by atomic mass is 16.4. The summed E-state index contributed by atoms with van der Waals surface area (Å²) in [7, 11) is 0. The first-order valence-corrected chi connectivity index (χ1v) is 4.44. The summed E-state index contributed by atoms with van der Waals surface area (Å²) in [5.74, 6) is -0.984. The summed E-state index contributed by atoms with van der Waals surface area (Å²) in [6, 6.07) is 4.54. The first kappa shape index (κ1) is 10.5. The minimum absolute atomic E-state index is 0.156. The molecule has 14 heavy (non-hydrogen) atoms. The second kappa shape index (κ2) is 4.11. The van der Waals surface area contributed by atoms with Crippen LogP contribution in [0.15, 0.2) is 18.2 Å². The molecule has 0 bridgehead atoms. The molecule has 4 heteroatoms. The number of aromatic carboxylic acids is 1. The van der Waals surface area contributed by atoms with E-state index in [1.165, 1.54) is 6.07 Å². The summed E-state index contributed by atoms with van der Waals surface area (Å²) in [4.78, 5) is 10.7. The van der Waals surface area contributed by atoms with Gasteiger partial charge in [0.2, 0.25) is 0 Å². The van der Waals surface area contributed by atoms with Gasteiger partial charge in [0.05, 0.1) is 5.56 Å². The molecule has 4 nitrogen and oxygen atoms in total. The number of carboxylic acid groups (broad SMARTS) is 1. The Hall–Kier alpha value is -1.55. The summed E-state index contributed by atoms with van der Waals surface area (Å²) in [5.41, 5.74) is 12.7. The van der Waals surface area contributed by atoms with E-state index >= 15 is 0 Å². The van der Waals surface area contributed by atoms with Crippen molar-refractivity contribution in [1.29, 1.82) is 0 Å². The van der Waals surface area contributed by atoms with Crippen LogP contribution in [-0.4, -0.2) is 11.1 Å². The lowest BCUT2D eigenvalue weighted by atomic mass is 10.0. The summed E-state index contributed by atoms with van der Waals surface area (Å²) in [5, 5.41) is 8.79. The standard InChI is InChI=1S/C10H14N2O2/c1-2-9(12)6-3-7(10(13)14)5-8(11)4-6/h3-5,9H,2,11-12H2,1H3,(H,13,14). The minimum atomic E-state index is -0.984. The number of hydrogen-bond acceptors (Lipinski definition) is 3. The van der Waals surface area contributed by atoms with Gasteiger partial charge in [-0.3, -0.25) is 0 Å². The van der Waals surface area contributed by atoms with Crippen LogP contribution in [0.2, 0.25) is 0 Å². The van der Waals surface area contributed by atoms with E-state index in [0.717, 1.165) is 12.0 Å². The van der Waals surface area contributed by atoms with Crippen molar-refractivity contribution < 1.29 is 9.90 Å². The van der Waals surface area contributed by atoms with Gasteiger partial charge in [-0.2, -0.15) is 0 Å². The van der Waals surface area contributed by atoms with Crippen molar-refractivity contribution in [2.75, 3.05) is 5.73 Å². The topological polar surface area (TPSA) is 89.3 Å². The number of hydrogen-bond donors (Lipinski definition) is 3. The number of carboxylic acids is 1. The number of nitrogen functional groups attached to an aromatic ring is 1. The predicted octanol–water partition coefficient (Wildman–Crippen LogP) is 1.38. The largest absolute Gasteiger partial charge is 0.478 e. The molecule has 0 aromatic heterocycles. The molecule has 1 rings (SSSR count). The highest BCUT2D eigenvalue weighted by Gasteiger charge is 2.09. The molecule has 0 aliphatic carbocycles. The zero-order valence-corrected chi connectivity index (χ0v) is 8.03. The van der Waals surface area contributed by atoms with Crippen molar-refractivity contribution in [3.8, 4) is 0 Å². The van der Waals surface area contributed by atoms with Crippen LogP contribution >= 0.6 is 0 Å². The first-order valence-electron chi connectivity index (χ1n) is 4.44. The lowest BCUT2D eigenvalue weighted by Crippen LogP contribution is -2.10. The fraction of sp³-hybridized carbons (Fsp3) is 0.300. The van der Waals surface area contributed by atoms with Crippen LogP contribution in [-0.2, 0) is 0 Å². The van der Waals surface area contributed by atoms with E-state index in [9.17, 15) is 4.79 Å². The highest BCUT2D eigenvalue weighted by Crippen LogP contribution is 2.19. The lowest BCUT2D eigenvalue weighted by molar-refractivity contribution is 0.0697. The van der Waals surface area contributed by atoms with Crippen molar-refractivity contribution in [2.45, 2.75) is 19.4 Å². The molecule has 1 unspecified atom stereocenters. The fourth-order valence-corrected chi connectivity index (χ4v) is 1.25. The summed E-state index contributed by atoms with van der Waals surface area (Å²) >= 11 is 0. The highest BCUT2D eigenvalue weighted by molar-refractivity contribution is 5.89. The Bertz CT molecular complexity index is 350. The van der Waals surface area contributed by atoms with E-state index in [1.807, 2.05) is 6.92 Å². The number of benzene rings is 1. The van der Waals surface area contributed by atoms with Crippen molar-refractivity contribution >= 4 is 11.7 Å². The molecule has 0 spiro atoms. The van der Waals surface area contributed by atoms with Crippen LogP contribution in [0.3, 0.4) is 0 Å². The van der Waals surface area contributed by atoms with Gasteiger partial charge in [-0.15, -0.1) is 0 Å². The molecule has 0 saturated carbocycles. The third-order valence-electron chi connectivity index (χ3n) is 2.09. The number of nitrogens with two attached hydrogens (primary N) is 2. The van der Waals surface area contributed by atoms with Gasteiger partial charge in [0.15, 0.2) is 0 Å². The molecular weight excluding hydrogens is 180 g/mol. The second-order valence-electron chi connectivity index (χ2n) is 3.21. The van der Waals surface area contributed by atoms with Gasteiger partial charge in [0.1, 0.15) is 0 Å². The maximum absolute atomic E-state index is 10.7. The quantitative estimate of drug-likeness (QED) is 0.634. The molecule has 0 aliphatic heterocycles. The van der Waals surface area contributed by atoms with Crippen molar-refractivity contribution in [3.05, 3.63) is 29.3 Å². The molecule has 0 saturated heterocycles. The zero-order chi connectivity index (χ0) is 10.7. The van der Waals surface area contributed by atoms with Crippen molar-refractivity contribution in [3.63, 3.8) is 0 Å². The SMILES string of the molecule is CCC(N)c1cc(N)cc(C(=O)O)c1. The van der Waals surface area contributed by atoms with E-state index in [2.05, 4.69) is 0 Å². The third-order valence-corrected chi connectivity index (χ3v) is 2.09. The molecule has 0 radical (unpaired) electrons. The first-order chi connectivity index (χ1) is 6.54. The average Bonchev–Trinajstić information content (AvgIpc) is 2.15. The van der Waals surface area contributed by atoms with E-state index in [0.29, 0.717) is 5.69 Å². The average molecular weight is 194 g/mol. The molecule has 1 atom stereocenters. The van der Waals surface area contributed by atoms with E-state index < -0.39 is 5.97 Å². The van der Waals surface area contributed by atoms with E-state index in [1.54, 1.807) is 12.1 Å². The van der Waals surface area contributed by atoms with Gasteiger partial charge in [0.25, 0.3) is 0 Å². The van der Waals surface area contributed by atoms with Crippen LogP contribution in [0.1, 0.15) is 35.3 Å². The molecule has 0 fully saturated rings. The molecule has 0 amide bonds. The maximum Gasteiger partial charge on any atom is 0.335 e. The number of carbonyl (C=O) groups is 1. The Kier molecular flexibility index (Phi) is 3.09. The van der Waals surface area contributed by atoms with Gasteiger partial charge < -0.3 is 16.6 Å². The Labute approximate surface area is 82.5 Å². The van der Waals surface area contributed by atoms with Crippen molar-refractivity contribution in [1.82, 2.24) is 0 Å². The normalized spacial score (nSPS) is 12.4. The Morgan fingerprint density at radius 3 is 2.64 bits per heavy atom. The number of rotatable bonds is 3. The van der Waals surface area contributed by atoms with Gasteiger partial charge in [0, 0.05) is 11.7 Å². The Morgan fingerprint density at radius 1 is 1.50 bits per heavy atom. The van der Waals surface area contributed by atoms with Gasteiger partial charge >= 0.3 is 5.97 Å². The van der Waals surface area contributed by atoms with E-state index in [-0.39, 0.29) is 11.6 Å². The Morgan fingerprint density at radius 2 is 2.14 bits per heavy atom. The Balaban J connectivity index is 3.13. The monoisotopic (exact) mass is 194 g/mol. The smallest absolute Gasteiger partial charge is 0.335 e. The predicted molar refractivity (Wildman–Crippen MR) is 55.0 cm³/mol. The maximum atomic E-state index is 10.7. The summed E-state index contributed by atoms with van der Waals surface area (Å²) < 4.78 is 0. The second-order valence-corrected chi connectivity index (χ2v) is 3.21. The van der Waals surface area contributed by atoms with Crippen LogP contribution in [0, 0.1) is 0 Å². The fourth-order valence-electron chi connectivity index (χ4n) is 1.25. The zero-order valence-electron chi connectivity index (χ0n) is 8.03. The van der Waals surface area contributed by atoms with Gasteiger partial charge in [-0.1, -0.05) is 6.92 Å². The van der Waals surface area contributed by atoms with Crippen LogP contribution < -0.4 is 11.5 Å². The molecule has 0 heterocycles. The molecular formula is C10H14N2O2. The molecule has 5 N–H and O–H groups in total. The molecule has 1 aromatic rings. The summed E-state index contributed by atoms with van der Waals surface area (Å²) in [6.07, 6.45) is 0.752. The van der Waals surface area contributed by atoms with E-state index in [4.69, 9.17) is 16.6 Å². The summed E-state index contributed by atoms with van der Waals surface area (Å²) in [6.45, 7) is 1.94. The molecule has 0 aliphatic rings.